The predicted molar refractivity (Wildman–Crippen MR) is 252 cm³/mol. The summed E-state index contributed by atoms with van der Waals surface area (Å²) in [6.45, 7) is 0.00344. The van der Waals surface area contributed by atoms with E-state index in [9.17, 15) is 0 Å². The standard InChI is InChI=1S/C56H37BN2/c1-4-14-38(15-5-1)41-24-28-48(29-25-41)58-52-34-45-22-12-10-20-43(45)32-50(52)57-51-33-44-21-11-13-23-46(44)35-53(51)59(49-30-26-42(27-31-49)39-16-6-2-7-17-39)55-37-47(36-54(58)56(55)57)40-18-8-3-9-19-40/h1-37H. The van der Waals surface area contributed by atoms with Crippen LogP contribution >= 0.6 is 0 Å². The Hall–Kier alpha value is -7.62. The maximum absolute atomic E-state index is 2.53. The van der Waals surface area contributed by atoms with Crippen LogP contribution in [0, 0.1) is 0 Å². The van der Waals surface area contributed by atoms with Crippen LogP contribution in [-0.2, 0) is 0 Å². The van der Waals surface area contributed by atoms with E-state index in [1.807, 2.05) is 0 Å². The molecule has 0 aliphatic carbocycles. The third-order valence-corrected chi connectivity index (χ3v) is 12.4. The van der Waals surface area contributed by atoms with Gasteiger partial charge in [-0.2, -0.15) is 0 Å². The van der Waals surface area contributed by atoms with Gasteiger partial charge >= 0.3 is 0 Å². The van der Waals surface area contributed by atoms with E-state index in [0.717, 1.165) is 11.4 Å². The second-order valence-corrected chi connectivity index (χ2v) is 15.7. The van der Waals surface area contributed by atoms with Crippen molar-refractivity contribution in [3.05, 3.63) is 224 Å². The summed E-state index contributed by atoms with van der Waals surface area (Å²) >= 11 is 0. The average molecular weight is 749 g/mol. The zero-order valence-corrected chi connectivity index (χ0v) is 32.3. The lowest BCUT2D eigenvalue weighted by Crippen LogP contribution is -2.61. The molecule has 2 nitrogen and oxygen atoms in total. The second-order valence-electron chi connectivity index (χ2n) is 15.7. The smallest absolute Gasteiger partial charge is 0.252 e. The average Bonchev–Trinajstić information content (AvgIpc) is 3.31. The maximum atomic E-state index is 2.53. The molecule has 274 valence electrons. The van der Waals surface area contributed by atoms with E-state index in [-0.39, 0.29) is 6.71 Å². The molecule has 0 radical (unpaired) electrons. The molecular weight excluding hydrogens is 711 g/mol. The van der Waals surface area contributed by atoms with Gasteiger partial charge in [0.15, 0.2) is 0 Å². The second kappa shape index (κ2) is 13.5. The van der Waals surface area contributed by atoms with Gasteiger partial charge in [-0.25, -0.2) is 0 Å². The molecule has 2 heterocycles. The molecule has 2 aliphatic heterocycles. The van der Waals surface area contributed by atoms with Gasteiger partial charge in [-0.05, 0) is 120 Å². The molecule has 0 amide bonds. The first-order valence-electron chi connectivity index (χ1n) is 20.5. The Balaban J connectivity index is 1.17. The molecule has 0 N–H and O–H groups in total. The van der Waals surface area contributed by atoms with Crippen molar-refractivity contribution in [2.45, 2.75) is 0 Å². The normalized spacial score (nSPS) is 12.6. The lowest BCUT2D eigenvalue weighted by molar-refractivity contribution is 1.26. The van der Waals surface area contributed by atoms with E-state index in [0.29, 0.717) is 0 Å². The van der Waals surface area contributed by atoms with Crippen LogP contribution in [0.3, 0.4) is 0 Å². The summed E-state index contributed by atoms with van der Waals surface area (Å²) in [5, 5.41) is 4.96. The summed E-state index contributed by atoms with van der Waals surface area (Å²) < 4.78 is 0. The lowest BCUT2D eigenvalue weighted by Gasteiger charge is -2.44. The maximum Gasteiger partial charge on any atom is 0.252 e. The van der Waals surface area contributed by atoms with Gasteiger partial charge < -0.3 is 9.80 Å². The van der Waals surface area contributed by atoms with Crippen LogP contribution in [0.1, 0.15) is 0 Å². The number of nitrogens with zero attached hydrogens (tertiary/aromatic N) is 2. The summed E-state index contributed by atoms with van der Waals surface area (Å²) in [5.41, 5.74) is 18.2. The van der Waals surface area contributed by atoms with Crippen LogP contribution in [0.2, 0.25) is 0 Å². The first-order chi connectivity index (χ1) is 29.2. The Bertz CT molecular complexity index is 3000. The molecule has 0 aromatic heterocycles. The van der Waals surface area contributed by atoms with Gasteiger partial charge in [0.2, 0.25) is 0 Å². The van der Waals surface area contributed by atoms with E-state index in [4.69, 9.17) is 0 Å². The third kappa shape index (κ3) is 5.50. The Kier molecular flexibility index (Phi) is 7.67. The van der Waals surface area contributed by atoms with Crippen LogP contribution in [0.25, 0.3) is 54.9 Å². The minimum atomic E-state index is 0.00344. The van der Waals surface area contributed by atoms with Crippen molar-refractivity contribution < 1.29 is 0 Å². The van der Waals surface area contributed by atoms with Gasteiger partial charge in [-0.15, -0.1) is 0 Å². The fraction of sp³-hybridized carbons (Fsp3) is 0. The molecule has 0 saturated heterocycles. The van der Waals surface area contributed by atoms with Gasteiger partial charge in [0.25, 0.3) is 6.71 Å². The van der Waals surface area contributed by atoms with Gasteiger partial charge in [0.05, 0.1) is 0 Å². The Morgan fingerprint density at radius 2 is 0.576 bits per heavy atom. The van der Waals surface area contributed by atoms with Crippen LogP contribution in [-0.4, -0.2) is 6.71 Å². The molecule has 0 spiro atoms. The van der Waals surface area contributed by atoms with Crippen LogP contribution in [0.4, 0.5) is 34.1 Å². The minimum absolute atomic E-state index is 0.00344. The first kappa shape index (κ1) is 33.5. The molecule has 0 unspecified atom stereocenters. The molecule has 10 aromatic carbocycles. The molecule has 0 saturated carbocycles. The first-order valence-corrected chi connectivity index (χ1v) is 20.5. The molecule has 0 bridgehead atoms. The lowest BCUT2D eigenvalue weighted by atomic mass is 9.33. The summed E-state index contributed by atoms with van der Waals surface area (Å²) in [6, 6.07) is 82.7. The van der Waals surface area contributed by atoms with Gasteiger partial charge in [0, 0.05) is 34.1 Å². The summed E-state index contributed by atoms with van der Waals surface area (Å²) in [4.78, 5) is 5.06. The monoisotopic (exact) mass is 748 g/mol. The van der Waals surface area contributed by atoms with Gasteiger partial charge in [-0.3, -0.25) is 0 Å². The summed E-state index contributed by atoms with van der Waals surface area (Å²) in [6.07, 6.45) is 0. The number of fused-ring (bicyclic) bond motifs is 6. The molecule has 59 heavy (non-hydrogen) atoms. The summed E-state index contributed by atoms with van der Waals surface area (Å²) in [7, 11) is 0. The van der Waals surface area contributed by atoms with Crippen LogP contribution < -0.4 is 26.2 Å². The van der Waals surface area contributed by atoms with Gasteiger partial charge in [-0.1, -0.05) is 176 Å². The topological polar surface area (TPSA) is 6.48 Å². The van der Waals surface area contributed by atoms with E-state index in [1.54, 1.807) is 0 Å². The largest absolute Gasteiger partial charge is 0.311 e. The van der Waals surface area contributed by atoms with E-state index in [1.165, 1.54) is 94.1 Å². The van der Waals surface area contributed by atoms with Crippen molar-refractivity contribution in [3.8, 4) is 33.4 Å². The fourth-order valence-corrected chi connectivity index (χ4v) is 9.59. The molecule has 12 rings (SSSR count). The van der Waals surface area contributed by atoms with Crippen molar-refractivity contribution in [3.63, 3.8) is 0 Å². The number of benzene rings is 10. The fourth-order valence-electron chi connectivity index (χ4n) is 9.59. The highest BCUT2D eigenvalue weighted by atomic mass is 15.2. The number of rotatable bonds is 5. The van der Waals surface area contributed by atoms with E-state index < -0.39 is 0 Å². The van der Waals surface area contributed by atoms with Gasteiger partial charge in [0.1, 0.15) is 0 Å². The number of hydrogen-bond donors (Lipinski definition) is 0. The number of hydrogen-bond acceptors (Lipinski definition) is 2. The zero-order chi connectivity index (χ0) is 38.9. The van der Waals surface area contributed by atoms with Crippen molar-refractivity contribution in [1.82, 2.24) is 0 Å². The molecule has 10 aromatic rings. The molecular formula is C56H37BN2. The molecule has 2 aliphatic rings. The molecule has 0 atom stereocenters. The zero-order valence-electron chi connectivity index (χ0n) is 32.3. The van der Waals surface area contributed by atoms with Crippen molar-refractivity contribution in [2.75, 3.05) is 9.80 Å². The van der Waals surface area contributed by atoms with Crippen molar-refractivity contribution in [2.24, 2.45) is 0 Å². The Morgan fingerprint density at radius 1 is 0.254 bits per heavy atom. The SMILES string of the molecule is c1ccc(-c2ccc(N3c4cc5ccccc5cc4B4c5cc6ccccc6cc5N(c5ccc(-c6ccccc6)cc5)c5cc(-c6ccccc6)cc3c54)cc2)cc1. The summed E-state index contributed by atoms with van der Waals surface area (Å²) in [5.74, 6) is 0. The quantitative estimate of drug-likeness (QED) is 0.162. The van der Waals surface area contributed by atoms with E-state index >= 15 is 0 Å². The highest BCUT2D eigenvalue weighted by Gasteiger charge is 2.44. The highest BCUT2D eigenvalue weighted by molar-refractivity contribution is 7.00. The third-order valence-electron chi connectivity index (χ3n) is 12.4. The highest BCUT2D eigenvalue weighted by Crippen LogP contribution is 2.47. The Labute approximate surface area is 345 Å². The Morgan fingerprint density at radius 3 is 0.966 bits per heavy atom. The minimum Gasteiger partial charge on any atom is -0.311 e. The van der Waals surface area contributed by atoms with E-state index in [2.05, 4.69) is 234 Å². The van der Waals surface area contributed by atoms with Crippen LogP contribution in [0.5, 0.6) is 0 Å². The molecule has 3 heteroatoms. The number of anilines is 6. The van der Waals surface area contributed by atoms with Crippen molar-refractivity contribution >= 4 is 78.8 Å². The molecule has 0 fully saturated rings. The predicted octanol–water partition coefficient (Wildman–Crippen LogP) is 13.1. The van der Waals surface area contributed by atoms with Crippen LogP contribution in [0.15, 0.2) is 224 Å². The van der Waals surface area contributed by atoms with Crippen molar-refractivity contribution in [1.29, 1.82) is 0 Å².